The molecule has 0 aromatic heterocycles. The van der Waals surface area contributed by atoms with Gasteiger partial charge in [0.25, 0.3) is 0 Å². The van der Waals surface area contributed by atoms with Gasteiger partial charge in [-0.25, -0.2) is 0 Å². The number of rotatable bonds is 3. The zero-order valence-electron chi connectivity index (χ0n) is 8.97. The van der Waals surface area contributed by atoms with Crippen molar-refractivity contribution in [2.75, 3.05) is 19.9 Å². The molecule has 0 bridgehead atoms. The van der Waals surface area contributed by atoms with E-state index in [1.165, 1.54) is 5.56 Å². The normalized spacial score (nSPS) is 27.1. The lowest BCUT2D eigenvalue weighted by atomic mass is 10.0. The summed E-state index contributed by atoms with van der Waals surface area (Å²) in [6.07, 6.45) is 0.137. The molecule has 0 radical (unpaired) electrons. The molecule has 2 unspecified atom stereocenters. The Morgan fingerprint density at radius 2 is 2.13 bits per heavy atom. The predicted octanol–water partition coefficient (Wildman–Crippen LogP) is 1.40. The highest BCUT2D eigenvalue weighted by Gasteiger charge is 2.31. The third kappa shape index (κ3) is 2.20. The Bertz CT molecular complexity index is 302. The fourth-order valence-corrected chi connectivity index (χ4v) is 2.04. The highest BCUT2D eigenvalue weighted by atomic mass is 16.5. The van der Waals surface area contributed by atoms with E-state index in [1.54, 1.807) is 0 Å². The minimum atomic E-state index is 0.137. The lowest BCUT2D eigenvalue weighted by molar-refractivity contribution is 0.0842. The lowest BCUT2D eigenvalue weighted by Crippen LogP contribution is -2.31. The van der Waals surface area contributed by atoms with Gasteiger partial charge in [0.1, 0.15) is 6.73 Å². The molecule has 1 heterocycles. The Labute approximate surface area is 90.3 Å². The van der Waals surface area contributed by atoms with Gasteiger partial charge in [-0.3, -0.25) is 4.90 Å². The number of benzene rings is 1. The number of aliphatic hydroxyl groups is 1. The van der Waals surface area contributed by atoms with Gasteiger partial charge in [-0.15, -0.1) is 0 Å². The quantitative estimate of drug-likeness (QED) is 0.813. The molecule has 3 nitrogen and oxygen atoms in total. The number of aliphatic hydroxyl groups excluding tert-OH is 1. The lowest BCUT2D eigenvalue weighted by Gasteiger charge is -2.20. The molecular formula is C12H17NO2. The van der Waals surface area contributed by atoms with Crippen LogP contribution in [0.25, 0.3) is 0 Å². The summed E-state index contributed by atoms with van der Waals surface area (Å²) < 4.78 is 5.73. The first-order valence-electron chi connectivity index (χ1n) is 5.34. The van der Waals surface area contributed by atoms with Crippen LogP contribution in [0.3, 0.4) is 0 Å². The van der Waals surface area contributed by atoms with Crippen LogP contribution in [0.2, 0.25) is 0 Å². The van der Waals surface area contributed by atoms with Gasteiger partial charge in [0, 0.05) is 12.6 Å². The zero-order valence-corrected chi connectivity index (χ0v) is 8.97. The first-order chi connectivity index (χ1) is 7.33. The van der Waals surface area contributed by atoms with Crippen LogP contribution in [-0.2, 0) is 4.74 Å². The summed E-state index contributed by atoms with van der Waals surface area (Å²) in [5.74, 6) is 0. The van der Waals surface area contributed by atoms with Gasteiger partial charge in [-0.05, 0) is 12.5 Å². The smallest absolute Gasteiger partial charge is 0.100 e. The molecule has 15 heavy (non-hydrogen) atoms. The van der Waals surface area contributed by atoms with Crippen LogP contribution in [0, 0.1) is 0 Å². The predicted molar refractivity (Wildman–Crippen MR) is 58.4 cm³/mol. The average Bonchev–Trinajstić information content (AvgIpc) is 2.63. The van der Waals surface area contributed by atoms with Gasteiger partial charge in [0.2, 0.25) is 0 Å². The number of hydrogen-bond acceptors (Lipinski definition) is 3. The summed E-state index contributed by atoms with van der Waals surface area (Å²) >= 11 is 0. The van der Waals surface area contributed by atoms with E-state index in [0.717, 1.165) is 0 Å². The van der Waals surface area contributed by atoms with Crippen molar-refractivity contribution in [3.05, 3.63) is 35.9 Å². The average molecular weight is 207 g/mol. The van der Waals surface area contributed by atoms with E-state index in [4.69, 9.17) is 9.84 Å². The van der Waals surface area contributed by atoms with Crippen molar-refractivity contribution in [3.63, 3.8) is 0 Å². The first-order valence-corrected chi connectivity index (χ1v) is 5.34. The molecule has 3 heteroatoms. The van der Waals surface area contributed by atoms with Crippen LogP contribution < -0.4 is 0 Å². The number of nitrogens with zero attached hydrogens (tertiary/aromatic N) is 1. The summed E-state index contributed by atoms with van der Waals surface area (Å²) in [5.41, 5.74) is 1.21. The second-order valence-corrected chi connectivity index (χ2v) is 3.90. The third-order valence-corrected chi connectivity index (χ3v) is 2.95. The second-order valence-electron chi connectivity index (χ2n) is 3.90. The van der Waals surface area contributed by atoms with E-state index < -0.39 is 0 Å². The molecular weight excluding hydrogens is 190 g/mol. The maximum Gasteiger partial charge on any atom is 0.100 e. The molecule has 0 spiro atoms. The van der Waals surface area contributed by atoms with E-state index in [1.807, 2.05) is 18.2 Å². The molecule has 1 aliphatic heterocycles. The van der Waals surface area contributed by atoms with Crippen molar-refractivity contribution in [1.29, 1.82) is 0 Å². The standard InChI is InChI=1S/C12H17NO2/c1-10-12(11-5-3-2-4-6-11)15-9-13(10)7-8-14/h2-6,10,12,14H,7-9H2,1H3. The van der Waals surface area contributed by atoms with E-state index in [-0.39, 0.29) is 12.7 Å². The highest BCUT2D eigenvalue weighted by molar-refractivity contribution is 5.19. The number of β-amino-alcohol motifs (C(OH)–C–C–N with tert-alkyl or cyclic N) is 1. The van der Waals surface area contributed by atoms with Crippen molar-refractivity contribution < 1.29 is 9.84 Å². The molecule has 1 aromatic rings. The highest BCUT2D eigenvalue weighted by Crippen LogP contribution is 2.30. The number of hydrogen-bond donors (Lipinski definition) is 1. The minimum absolute atomic E-state index is 0.137. The molecule has 0 amide bonds. The summed E-state index contributed by atoms with van der Waals surface area (Å²) in [4.78, 5) is 2.15. The van der Waals surface area contributed by atoms with Crippen LogP contribution in [0.5, 0.6) is 0 Å². The molecule has 1 fully saturated rings. The van der Waals surface area contributed by atoms with Crippen molar-refractivity contribution in [2.45, 2.75) is 19.1 Å². The summed E-state index contributed by atoms with van der Waals surface area (Å²) in [6.45, 7) is 3.63. The summed E-state index contributed by atoms with van der Waals surface area (Å²) in [6, 6.07) is 10.6. The van der Waals surface area contributed by atoms with Crippen LogP contribution in [0.15, 0.2) is 30.3 Å². The first kappa shape index (κ1) is 10.6. The van der Waals surface area contributed by atoms with Crippen molar-refractivity contribution in [1.82, 2.24) is 4.90 Å². The van der Waals surface area contributed by atoms with Crippen molar-refractivity contribution in [3.8, 4) is 0 Å². The van der Waals surface area contributed by atoms with Gasteiger partial charge < -0.3 is 9.84 Å². The van der Waals surface area contributed by atoms with E-state index >= 15 is 0 Å². The van der Waals surface area contributed by atoms with E-state index in [9.17, 15) is 0 Å². The summed E-state index contributed by atoms with van der Waals surface area (Å²) in [5, 5.41) is 8.90. The Kier molecular flexibility index (Phi) is 3.36. The SMILES string of the molecule is CC1C(c2ccccc2)OCN1CCO. The van der Waals surface area contributed by atoms with Gasteiger partial charge in [-0.2, -0.15) is 0 Å². The molecule has 1 aromatic carbocycles. The molecule has 2 atom stereocenters. The third-order valence-electron chi connectivity index (χ3n) is 2.95. The molecule has 0 aliphatic carbocycles. The van der Waals surface area contributed by atoms with Gasteiger partial charge in [0.05, 0.1) is 12.7 Å². The monoisotopic (exact) mass is 207 g/mol. The molecule has 1 aliphatic rings. The maximum atomic E-state index is 8.90. The molecule has 1 N–H and O–H groups in total. The van der Waals surface area contributed by atoms with E-state index in [2.05, 4.69) is 24.0 Å². The summed E-state index contributed by atoms with van der Waals surface area (Å²) in [7, 11) is 0. The Balaban J connectivity index is 2.07. The Morgan fingerprint density at radius 1 is 1.40 bits per heavy atom. The molecule has 82 valence electrons. The van der Waals surface area contributed by atoms with Crippen molar-refractivity contribution >= 4 is 0 Å². The van der Waals surface area contributed by atoms with Crippen molar-refractivity contribution in [2.24, 2.45) is 0 Å². The fourth-order valence-electron chi connectivity index (χ4n) is 2.04. The van der Waals surface area contributed by atoms with Gasteiger partial charge in [0.15, 0.2) is 0 Å². The van der Waals surface area contributed by atoms with Crippen LogP contribution in [0.4, 0.5) is 0 Å². The van der Waals surface area contributed by atoms with Crippen LogP contribution in [0.1, 0.15) is 18.6 Å². The number of ether oxygens (including phenoxy) is 1. The van der Waals surface area contributed by atoms with Crippen LogP contribution >= 0.6 is 0 Å². The molecule has 1 saturated heterocycles. The molecule has 0 saturated carbocycles. The fraction of sp³-hybridized carbons (Fsp3) is 0.500. The van der Waals surface area contributed by atoms with Gasteiger partial charge >= 0.3 is 0 Å². The topological polar surface area (TPSA) is 32.7 Å². The van der Waals surface area contributed by atoms with E-state index in [0.29, 0.717) is 19.3 Å². The van der Waals surface area contributed by atoms with Crippen LogP contribution in [-0.4, -0.2) is 35.9 Å². The Hall–Kier alpha value is -0.900. The Morgan fingerprint density at radius 3 is 2.80 bits per heavy atom. The largest absolute Gasteiger partial charge is 0.395 e. The minimum Gasteiger partial charge on any atom is -0.395 e. The zero-order chi connectivity index (χ0) is 10.7. The van der Waals surface area contributed by atoms with Gasteiger partial charge in [-0.1, -0.05) is 30.3 Å². The maximum absolute atomic E-state index is 8.90. The second kappa shape index (κ2) is 4.75. The molecule has 2 rings (SSSR count).